The van der Waals surface area contributed by atoms with Gasteiger partial charge in [-0.1, -0.05) is 0 Å². The van der Waals surface area contributed by atoms with Crippen LogP contribution in [0.1, 0.15) is 12.0 Å². The lowest BCUT2D eigenvalue weighted by atomic mass is 10.1. The number of anilines is 2. The number of urea groups is 1. The number of rotatable bonds is 4. The third kappa shape index (κ3) is 5.71. The molecule has 0 aliphatic carbocycles. The molecule has 1 heterocycles. The molecule has 0 spiro atoms. The molecule has 0 unspecified atom stereocenters. The molecule has 1 atom stereocenters. The SMILES string of the molecule is O=C(C[C@@H]1C(=O)NCCN1C(=O)Nc1ccc(C(F)(F)F)cc1)Nc1ccc(F)cc1. The van der Waals surface area contributed by atoms with E-state index in [4.69, 9.17) is 0 Å². The van der Waals surface area contributed by atoms with E-state index < -0.39 is 41.4 Å². The summed E-state index contributed by atoms with van der Waals surface area (Å²) in [5, 5.41) is 7.52. The second kappa shape index (κ2) is 9.02. The van der Waals surface area contributed by atoms with Crippen LogP contribution in [0.4, 0.5) is 33.7 Å². The third-order valence-corrected chi connectivity index (χ3v) is 4.56. The van der Waals surface area contributed by atoms with Crippen LogP contribution in [0.5, 0.6) is 0 Å². The maximum absolute atomic E-state index is 13.0. The van der Waals surface area contributed by atoms with E-state index in [-0.39, 0.29) is 25.2 Å². The first-order valence-electron chi connectivity index (χ1n) is 9.21. The van der Waals surface area contributed by atoms with Crippen molar-refractivity contribution in [2.24, 2.45) is 0 Å². The number of hydrogen-bond acceptors (Lipinski definition) is 3. The molecular weight excluding hydrogens is 420 g/mol. The van der Waals surface area contributed by atoms with Crippen molar-refractivity contribution in [1.82, 2.24) is 10.2 Å². The maximum atomic E-state index is 13.0. The highest BCUT2D eigenvalue weighted by Crippen LogP contribution is 2.30. The quantitative estimate of drug-likeness (QED) is 0.641. The third-order valence-electron chi connectivity index (χ3n) is 4.56. The van der Waals surface area contributed by atoms with Crippen molar-refractivity contribution >= 4 is 29.2 Å². The second-order valence-electron chi connectivity index (χ2n) is 6.76. The van der Waals surface area contributed by atoms with Crippen LogP contribution in [0.2, 0.25) is 0 Å². The predicted molar refractivity (Wildman–Crippen MR) is 104 cm³/mol. The van der Waals surface area contributed by atoms with Crippen molar-refractivity contribution in [2.75, 3.05) is 23.7 Å². The largest absolute Gasteiger partial charge is 0.416 e. The summed E-state index contributed by atoms with van der Waals surface area (Å²) in [5.41, 5.74) is -0.431. The van der Waals surface area contributed by atoms with E-state index >= 15 is 0 Å². The molecule has 1 fully saturated rings. The number of piperazine rings is 1. The zero-order chi connectivity index (χ0) is 22.6. The lowest BCUT2D eigenvalue weighted by Gasteiger charge is -2.34. The molecule has 0 aromatic heterocycles. The van der Waals surface area contributed by atoms with Crippen LogP contribution in [0.15, 0.2) is 48.5 Å². The minimum Gasteiger partial charge on any atom is -0.353 e. The minimum absolute atomic E-state index is 0.104. The lowest BCUT2D eigenvalue weighted by molar-refractivity contribution is -0.137. The fourth-order valence-corrected chi connectivity index (χ4v) is 3.02. The first kappa shape index (κ1) is 22.1. The summed E-state index contributed by atoms with van der Waals surface area (Å²) in [5.74, 6) is -1.58. The highest BCUT2D eigenvalue weighted by atomic mass is 19.4. The van der Waals surface area contributed by atoms with Gasteiger partial charge in [0.25, 0.3) is 0 Å². The van der Waals surface area contributed by atoms with Crippen molar-refractivity contribution in [1.29, 1.82) is 0 Å². The first-order valence-corrected chi connectivity index (χ1v) is 9.21. The molecule has 0 saturated carbocycles. The van der Waals surface area contributed by atoms with E-state index in [0.717, 1.165) is 41.3 Å². The predicted octanol–water partition coefficient (Wildman–Crippen LogP) is 3.21. The summed E-state index contributed by atoms with van der Waals surface area (Å²) >= 11 is 0. The van der Waals surface area contributed by atoms with Gasteiger partial charge in [-0.15, -0.1) is 0 Å². The number of amides is 4. The van der Waals surface area contributed by atoms with Crippen LogP contribution in [0.25, 0.3) is 0 Å². The van der Waals surface area contributed by atoms with Crippen LogP contribution in [0.3, 0.4) is 0 Å². The van der Waals surface area contributed by atoms with Gasteiger partial charge in [-0.25, -0.2) is 9.18 Å². The Morgan fingerprint density at radius 2 is 1.58 bits per heavy atom. The Morgan fingerprint density at radius 1 is 1.00 bits per heavy atom. The van der Waals surface area contributed by atoms with Crippen LogP contribution < -0.4 is 16.0 Å². The Balaban J connectivity index is 1.66. The van der Waals surface area contributed by atoms with Gasteiger partial charge in [-0.3, -0.25) is 9.59 Å². The van der Waals surface area contributed by atoms with Gasteiger partial charge in [-0.05, 0) is 48.5 Å². The normalized spacial score (nSPS) is 16.5. The topological polar surface area (TPSA) is 90.5 Å². The molecule has 7 nitrogen and oxygen atoms in total. The summed E-state index contributed by atoms with van der Waals surface area (Å²) in [7, 11) is 0. The Bertz CT molecular complexity index is 962. The Labute approximate surface area is 174 Å². The van der Waals surface area contributed by atoms with Crippen molar-refractivity contribution in [3.63, 3.8) is 0 Å². The van der Waals surface area contributed by atoms with Gasteiger partial charge in [-0.2, -0.15) is 13.2 Å². The number of hydrogen-bond donors (Lipinski definition) is 3. The zero-order valence-electron chi connectivity index (χ0n) is 16.0. The fraction of sp³-hybridized carbons (Fsp3) is 0.250. The number of nitrogens with zero attached hydrogens (tertiary/aromatic N) is 1. The number of nitrogens with one attached hydrogen (secondary N) is 3. The Kier molecular flexibility index (Phi) is 6.42. The summed E-state index contributed by atoms with van der Waals surface area (Å²) in [6.07, 6.45) is -4.86. The van der Waals surface area contributed by atoms with Gasteiger partial charge in [0.05, 0.1) is 12.0 Å². The van der Waals surface area contributed by atoms with E-state index in [2.05, 4.69) is 16.0 Å². The van der Waals surface area contributed by atoms with Crippen molar-refractivity contribution in [3.05, 3.63) is 59.9 Å². The molecule has 1 aliphatic heterocycles. The smallest absolute Gasteiger partial charge is 0.353 e. The summed E-state index contributed by atoms with van der Waals surface area (Å²) in [6.45, 7) is 0.266. The van der Waals surface area contributed by atoms with E-state index in [9.17, 15) is 31.9 Å². The van der Waals surface area contributed by atoms with E-state index in [0.29, 0.717) is 5.69 Å². The van der Waals surface area contributed by atoms with E-state index in [1.54, 1.807) is 0 Å². The highest BCUT2D eigenvalue weighted by Gasteiger charge is 2.35. The standard InChI is InChI=1S/C20H18F4N4O3/c21-13-3-7-14(8-4-13)26-17(29)11-16-18(30)25-9-10-28(16)19(31)27-15-5-1-12(2-6-15)20(22,23)24/h1-8,16H,9-11H2,(H,25,30)(H,26,29)(H,27,31)/t16-/m1/s1. The number of carbonyl (C=O) groups excluding carboxylic acids is 3. The minimum atomic E-state index is -4.50. The van der Waals surface area contributed by atoms with Gasteiger partial charge < -0.3 is 20.9 Å². The first-order chi connectivity index (χ1) is 14.6. The molecule has 3 N–H and O–H groups in total. The molecular formula is C20H18F4N4O3. The Morgan fingerprint density at radius 3 is 2.19 bits per heavy atom. The number of alkyl halides is 3. The van der Waals surface area contributed by atoms with Gasteiger partial charge in [0.2, 0.25) is 11.8 Å². The fourth-order valence-electron chi connectivity index (χ4n) is 3.02. The molecule has 11 heteroatoms. The zero-order valence-corrected chi connectivity index (χ0v) is 16.0. The average Bonchev–Trinajstić information content (AvgIpc) is 2.71. The Hall–Kier alpha value is -3.63. The van der Waals surface area contributed by atoms with Gasteiger partial charge in [0, 0.05) is 24.5 Å². The molecule has 164 valence electrons. The van der Waals surface area contributed by atoms with Crippen molar-refractivity contribution in [2.45, 2.75) is 18.6 Å². The van der Waals surface area contributed by atoms with Crippen LogP contribution >= 0.6 is 0 Å². The maximum Gasteiger partial charge on any atom is 0.416 e. The van der Waals surface area contributed by atoms with Crippen LogP contribution in [-0.4, -0.2) is 41.9 Å². The summed E-state index contributed by atoms with van der Waals surface area (Å²) in [6, 6.07) is 7.02. The molecule has 1 aliphatic rings. The number of halogens is 4. The second-order valence-corrected chi connectivity index (χ2v) is 6.76. The van der Waals surface area contributed by atoms with E-state index in [1.165, 1.54) is 12.1 Å². The molecule has 3 rings (SSSR count). The lowest BCUT2D eigenvalue weighted by Crippen LogP contribution is -2.59. The van der Waals surface area contributed by atoms with Gasteiger partial charge in [0.1, 0.15) is 11.9 Å². The average molecular weight is 438 g/mol. The monoisotopic (exact) mass is 438 g/mol. The van der Waals surface area contributed by atoms with Crippen molar-refractivity contribution in [3.8, 4) is 0 Å². The van der Waals surface area contributed by atoms with Crippen LogP contribution in [0, 0.1) is 5.82 Å². The van der Waals surface area contributed by atoms with Gasteiger partial charge in [0.15, 0.2) is 0 Å². The molecule has 31 heavy (non-hydrogen) atoms. The van der Waals surface area contributed by atoms with E-state index in [1.807, 2.05) is 0 Å². The number of carbonyl (C=O) groups is 3. The molecule has 0 bridgehead atoms. The van der Waals surface area contributed by atoms with Crippen molar-refractivity contribution < 1.29 is 31.9 Å². The van der Waals surface area contributed by atoms with Gasteiger partial charge >= 0.3 is 12.2 Å². The molecule has 1 saturated heterocycles. The highest BCUT2D eigenvalue weighted by molar-refractivity contribution is 5.99. The molecule has 2 aromatic carbocycles. The molecule has 2 aromatic rings. The van der Waals surface area contributed by atoms with Crippen LogP contribution in [-0.2, 0) is 15.8 Å². The molecule has 4 amide bonds. The molecule has 0 radical (unpaired) electrons. The number of benzene rings is 2. The summed E-state index contributed by atoms with van der Waals surface area (Å²) in [4.78, 5) is 38.3. The summed E-state index contributed by atoms with van der Waals surface area (Å²) < 4.78 is 51.0.